The van der Waals surface area contributed by atoms with Crippen LogP contribution in [0.3, 0.4) is 0 Å². The lowest BCUT2D eigenvalue weighted by molar-refractivity contribution is -0.149. The number of halogens is 1. The van der Waals surface area contributed by atoms with Gasteiger partial charge in [0.25, 0.3) is 0 Å². The summed E-state index contributed by atoms with van der Waals surface area (Å²) in [4.78, 5) is 11.6. The van der Waals surface area contributed by atoms with Crippen LogP contribution in [0, 0.1) is 5.82 Å². The van der Waals surface area contributed by atoms with Crippen molar-refractivity contribution in [2.75, 3.05) is 13.4 Å². The molecule has 0 spiro atoms. The highest BCUT2D eigenvalue weighted by Gasteiger charge is 2.34. The van der Waals surface area contributed by atoms with Gasteiger partial charge in [0, 0.05) is 12.8 Å². The molecule has 1 aliphatic rings. The van der Waals surface area contributed by atoms with E-state index >= 15 is 0 Å². The predicted molar refractivity (Wildman–Crippen MR) is 85.9 cm³/mol. The van der Waals surface area contributed by atoms with E-state index in [1.165, 1.54) is 19.1 Å². The number of benzene rings is 2. The molecule has 1 N–H and O–H groups in total. The van der Waals surface area contributed by atoms with Crippen molar-refractivity contribution in [3.63, 3.8) is 0 Å². The second-order valence-corrected chi connectivity index (χ2v) is 5.86. The maximum Gasteiger partial charge on any atom is 0.303 e. The van der Waals surface area contributed by atoms with Crippen molar-refractivity contribution in [3.05, 3.63) is 70.5 Å². The van der Waals surface area contributed by atoms with Crippen molar-refractivity contribution in [2.45, 2.75) is 25.4 Å². The van der Waals surface area contributed by atoms with Gasteiger partial charge in [0.15, 0.2) is 0 Å². The molecule has 0 saturated heterocycles. The lowest BCUT2D eigenvalue weighted by atomic mass is 9.89. The third kappa shape index (κ3) is 3.32. The second kappa shape index (κ2) is 7.11. The van der Waals surface area contributed by atoms with E-state index in [4.69, 9.17) is 14.6 Å². The topological polar surface area (TPSA) is 55.8 Å². The smallest absolute Gasteiger partial charge is 0.303 e. The Morgan fingerprint density at radius 1 is 1.21 bits per heavy atom. The van der Waals surface area contributed by atoms with Crippen LogP contribution in [-0.4, -0.2) is 24.5 Å². The van der Waals surface area contributed by atoms with E-state index in [1.54, 1.807) is 6.07 Å². The molecule has 0 bridgehead atoms. The van der Waals surface area contributed by atoms with Gasteiger partial charge >= 0.3 is 5.97 Å². The summed E-state index contributed by atoms with van der Waals surface area (Å²) >= 11 is 0. The van der Waals surface area contributed by atoms with Crippen LogP contribution in [-0.2, 0) is 20.7 Å². The SMILES string of the molecule is CC(=O)OC1c2cc(F)ccc2Cc2ccccc2C1COCO. The van der Waals surface area contributed by atoms with Gasteiger partial charge in [0.05, 0.1) is 6.61 Å². The van der Waals surface area contributed by atoms with Gasteiger partial charge < -0.3 is 14.6 Å². The number of carbonyl (C=O) groups is 1. The number of aliphatic hydroxyl groups excluding tert-OH is 1. The van der Waals surface area contributed by atoms with Gasteiger partial charge in [-0.1, -0.05) is 30.3 Å². The first-order chi connectivity index (χ1) is 11.6. The quantitative estimate of drug-likeness (QED) is 0.691. The number of ether oxygens (including phenoxy) is 2. The second-order valence-electron chi connectivity index (χ2n) is 5.86. The minimum Gasteiger partial charge on any atom is -0.457 e. The first kappa shape index (κ1) is 16.6. The molecular weight excluding hydrogens is 311 g/mol. The van der Waals surface area contributed by atoms with E-state index in [9.17, 15) is 9.18 Å². The van der Waals surface area contributed by atoms with Crippen molar-refractivity contribution in [3.8, 4) is 0 Å². The molecule has 2 atom stereocenters. The van der Waals surface area contributed by atoms with Crippen LogP contribution in [0.1, 0.15) is 41.2 Å². The summed E-state index contributed by atoms with van der Waals surface area (Å²) in [6, 6.07) is 12.4. The van der Waals surface area contributed by atoms with Gasteiger partial charge in [-0.15, -0.1) is 0 Å². The Balaban J connectivity index is 2.16. The molecule has 0 aliphatic heterocycles. The Kier molecular flexibility index (Phi) is 4.92. The molecule has 2 aromatic rings. The summed E-state index contributed by atoms with van der Waals surface area (Å²) in [5.41, 5.74) is 3.62. The molecule has 0 radical (unpaired) electrons. The highest BCUT2D eigenvalue weighted by Crippen LogP contribution is 2.41. The van der Waals surface area contributed by atoms with Crippen molar-refractivity contribution in [2.24, 2.45) is 0 Å². The van der Waals surface area contributed by atoms with Gasteiger partial charge in [-0.05, 0) is 40.8 Å². The van der Waals surface area contributed by atoms with Gasteiger partial charge in [-0.2, -0.15) is 0 Å². The fraction of sp³-hybridized carbons (Fsp3) is 0.316. The lowest BCUT2D eigenvalue weighted by Gasteiger charge is -2.27. The van der Waals surface area contributed by atoms with E-state index in [1.807, 2.05) is 24.3 Å². The van der Waals surface area contributed by atoms with Crippen LogP contribution < -0.4 is 0 Å². The molecule has 4 nitrogen and oxygen atoms in total. The maximum atomic E-state index is 13.8. The number of fused-ring (bicyclic) bond motifs is 2. The molecule has 1 aliphatic carbocycles. The molecule has 126 valence electrons. The maximum absolute atomic E-state index is 13.8. The highest BCUT2D eigenvalue weighted by molar-refractivity contribution is 5.66. The molecule has 5 heteroatoms. The fourth-order valence-corrected chi connectivity index (χ4v) is 3.31. The third-order valence-corrected chi connectivity index (χ3v) is 4.30. The Morgan fingerprint density at radius 3 is 2.71 bits per heavy atom. The van der Waals surface area contributed by atoms with Crippen LogP contribution in [0.4, 0.5) is 4.39 Å². The zero-order valence-corrected chi connectivity index (χ0v) is 13.4. The zero-order chi connectivity index (χ0) is 17.1. The Morgan fingerprint density at radius 2 is 1.96 bits per heavy atom. The molecular formula is C19H19FO4. The number of esters is 1. The molecule has 0 heterocycles. The average molecular weight is 330 g/mol. The fourth-order valence-electron chi connectivity index (χ4n) is 3.31. The first-order valence-electron chi connectivity index (χ1n) is 7.82. The summed E-state index contributed by atoms with van der Waals surface area (Å²) in [5, 5.41) is 9.03. The Bertz CT molecular complexity index is 744. The molecule has 24 heavy (non-hydrogen) atoms. The van der Waals surface area contributed by atoms with Crippen LogP contribution in [0.15, 0.2) is 42.5 Å². The van der Waals surface area contributed by atoms with Crippen molar-refractivity contribution in [1.82, 2.24) is 0 Å². The predicted octanol–water partition coefficient (Wildman–Crippen LogP) is 3.08. The molecule has 2 aromatic carbocycles. The largest absolute Gasteiger partial charge is 0.457 e. The number of hydrogen-bond donors (Lipinski definition) is 1. The molecule has 0 saturated carbocycles. The molecule has 0 aromatic heterocycles. The van der Waals surface area contributed by atoms with Gasteiger partial charge in [-0.25, -0.2) is 4.39 Å². The minimum absolute atomic E-state index is 0.168. The van der Waals surface area contributed by atoms with Gasteiger partial charge in [0.2, 0.25) is 0 Å². The third-order valence-electron chi connectivity index (χ3n) is 4.30. The van der Waals surface area contributed by atoms with E-state index < -0.39 is 18.9 Å². The minimum atomic E-state index is -0.664. The standard InChI is InChI=1S/C19H19FO4/c1-12(22)24-19-17-9-15(20)7-6-14(17)8-13-4-2-3-5-16(13)18(19)10-23-11-21/h2-7,9,18-19,21H,8,10-11H2,1H3. The van der Waals surface area contributed by atoms with Crippen LogP contribution in [0.5, 0.6) is 0 Å². The van der Waals surface area contributed by atoms with E-state index in [0.29, 0.717) is 12.0 Å². The van der Waals surface area contributed by atoms with E-state index in [2.05, 4.69) is 0 Å². The Hall–Kier alpha value is -2.24. The van der Waals surface area contributed by atoms with Crippen molar-refractivity contribution in [1.29, 1.82) is 0 Å². The Labute approximate surface area is 139 Å². The van der Waals surface area contributed by atoms with Crippen LogP contribution >= 0.6 is 0 Å². The number of rotatable bonds is 4. The van der Waals surface area contributed by atoms with Crippen molar-refractivity contribution < 1.29 is 23.8 Å². The van der Waals surface area contributed by atoms with Gasteiger partial charge in [-0.3, -0.25) is 4.79 Å². The number of carbonyl (C=O) groups excluding carboxylic acids is 1. The first-order valence-corrected chi connectivity index (χ1v) is 7.82. The van der Waals surface area contributed by atoms with Crippen LogP contribution in [0.25, 0.3) is 0 Å². The summed E-state index contributed by atoms with van der Waals surface area (Å²) < 4.78 is 24.6. The zero-order valence-electron chi connectivity index (χ0n) is 13.4. The van der Waals surface area contributed by atoms with E-state index in [-0.39, 0.29) is 18.3 Å². The highest BCUT2D eigenvalue weighted by atomic mass is 19.1. The summed E-state index contributed by atoms with van der Waals surface area (Å²) in [6.07, 6.45) is -0.0393. The van der Waals surface area contributed by atoms with Crippen LogP contribution in [0.2, 0.25) is 0 Å². The molecule has 0 amide bonds. The molecule has 0 fully saturated rings. The summed E-state index contributed by atoms with van der Waals surface area (Å²) in [6.45, 7) is 1.07. The average Bonchev–Trinajstić information content (AvgIpc) is 2.68. The lowest BCUT2D eigenvalue weighted by Crippen LogP contribution is -2.22. The van der Waals surface area contributed by atoms with Crippen molar-refractivity contribution >= 4 is 5.97 Å². The van der Waals surface area contributed by atoms with E-state index in [0.717, 1.165) is 16.7 Å². The normalized spacial score (nSPS) is 19.1. The summed E-state index contributed by atoms with van der Waals surface area (Å²) in [5.74, 6) is -1.14. The number of hydrogen-bond acceptors (Lipinski definition) is 4. The molecule has 3 rings (SSSR count). The van der Waals surface area contributed by atoms with Gasteiger partial charge in [0.1, 0.15) is 18.7 Å². The summed E-state index contributed by atoms with van der Waals surface area (Å²) in [7, 11) is 0. The number of aliphatic hydroxyl groups is 1. The monoisotopic (exact) mass is 330 g/mol. The molecule has 2 unspecified atom stereocenters.